The summed E-state index contributed by atoms with van der Waals surface area (Å²) in [6.45, 7) is 3.25. The van der Waals surface area contributed by atoms with E-state index in [1.807, 2.05) is 19.1 Å². The van der Waals surface area contributed by atoms with E-state index in [4.69, 9.17) is 11.1 Å². The quantitative estimate of drug-likeness (QED) is 0.297. The second kappa shape index (κ2) is 6.43. The number of benzene rings is 1. The molecule has 0 spiro atoms. The first-order chi connectivity index (χ1) is 7.80. The van der Waals surface area contributed by atoms with Gasteiger partial charge in [0.2, 0.25) is 5.96 Å². The number of nitrogens with zero attached hydrogens (tertiary/aromatic N) is 2. The fourth-order valence-corrected chi connectivity index (χ4v) is 1.18. The highest BCUT2D eigenvalue weighted by atomic mass is 15.3. The van der Waals surface area contributed by atoms with Crippen molar-refractivity contribution in [1.29, 1.82) is 5.26 Å². The minimum absolute atomic E-state index is 0.526. The van der Waals surface area contributed by atoms with Gasteiger partial charge in [0.25, 0.3) is 0 Å². The van der Waals surface area contributed by atoms with Crippen molar-refractivity contribution >= 4 is 5.96 Å². The van der Waals surface area contributed by atoms with Crippen LogP contribution in [0.5, 0.6) is 0 Å². The summed E-state index contributed by atoms with van der Waals surface area (Å²) in [4.78, 5) is 4.24. The summed E-state index contributed by atoms with van der Waals surface area (Å²) in [6.07, 6.45) is 0. The predicted molar refractivity (Wildman–Crippen MR) is 63.3 cm³/mol. The van der Waals surface area contributed by atoms with Crippen molar-refractivity contribution in [3.63, 3.8) is 0 Å². The molecule has 0 atom stereocenters. The zero-order chi connectivity index (χ0) is 11.8. The van der Waals surface area contributed by atoms with Gasteiger partial charge >= 0.3 is 0 Å². The Kier molecular flexibility index (Phi) is 4.83. The van der Waals surface area contributed by atoms with Crippen LogP contribution >= 0.6 is 0 Å². The monoisotopic (exact) mass is 217 g/mol. The standard InChI is InChI=1S/C11H15N5/c1-2-14-11(16-13)15-8-10-5-3-9(7-12)4-6-10/h3-6H,2,8,13H2,1H3,(H2,14,15,16). The molecule has 0 aliphatic carbocycles. The summed E-state index contributed by atoms with van der Waals surface area (Å²) < 4.78 is 0. The Labute approximate surface area is 95.0 Å². The average molecular weight is 217 g/mol. The van der Waals surface area contributed by atoms with Crippen molar-refractivity contribution < 1.29 is 0 Å². The lowest BCUT2D eigenvalue weighted by molar-refractivity contribution is 0.852. The van der Waals surface area contributed by atoms with Crippen molar-refractivity contribution in [3.05, 3.63) is 35.4 Å². The van der Waals surface area contributed by atoms with E-state index in [1.165, 1.54) is 0 Å². The van der Waals surface area contributed by atoms with E-state index in [9.17, 15) is 0 Å². The smallest absolute Gasteiger partial charge is 0.206 e. The number of nitrogens with one attached hydrogen (secondary N) is 2. The summed E-state index contributed by atoms with van der Waals surface area (Å²) in [5.74, 6) is 5.84. The van der Waals surface area contributed by atoms with Gasteiger partial charge in [0, 0.05) is 6.54 Å². The minimum atomic E-state index is 0.526. The van der Waals surface area contributed by atoms with Crippen LogP contribution in [-0.4, -0.2) is 12.5 Å². The number of nitrogens with two attached hydrogens (primary N) is 1. The van der Waals surface area contributed by atoms with E-state index < -0.39 is 0 Å². The Hall–Kier alpha value is -2.06. The largest absolute Gasteiger partial charge is 0.356 e. The lowest BCUT2D eigenvalue weighted by Gasteiger charge is -2.06. The molecule has 0 fully saturated rings. The van der Waals surface area contributed by atoms with Crippen LogP contribution in [0.15, 0.2) is 29.3 Å². The van der Waals surface area contributed by atoms with Gasteiger partial charge in [0.15, 0.2) is 0 Å². The zero-order valence-electron chi connectivity index (χ0n) is 9.20. The lowest BCUT2D eigenvalue weighted by atomic mass is 10.1. The van der Waals surface area contributed by atoms with E-state index in [0.29, 0.717) is 18.1 Å². The Morgan fingerprint density at radius 2 is 2.12 bits per heavy atom. The highest BCUT2D eigenvalue weighted by molar-refractivity contribution is 5.79. The van der Waals surface area contributed by atoms with Crippen molar-refractivity contribution in [2.45, 2.75) is 13.5 Å². The highest BCUT2D eigenvalue weighted by Gasteiger charge is 1.95. The Morgan fingerprint density at radius 1 is 1.44 bits per heavy atom. The SMILES string of the molecule is CCNC(=NCc1ccc(C#N)cc1)NN. The van der Waals surface area contributed by atoms with Gasteiger partial charge in [0.1, 0.15) is 0 Å². The van der Waals surface area contributed by atoms with Crippen LogP contribution in [0.25, 0.3) is 0 Å². The summed E-state index contributed by atoms with van der Waals surface area (Å²) in [6, 6.07) is 9.37. The molecule has 0 aliphatic heterocycles. The predicted octanol–water partition coefficient (Wildman–Crippen LogP) is 0.487. The molecular formula is C11H15N5. The summed E-state index contributed by atoms with van der Waals surface area (Å²) >= 11 is 0. The number of hydrogen-bond donors (Lipinski definition) is 3. The number of rotatable bonds is 3. The maximum atomic E-state index is 8.64. The molecule has 0 bridgehead atoms. The zero-order valence-corrected chi connectivity index (χ0v) is 9.20. The van der Waals surface area contributed by atoms with Gasteiger partial charge in [-0.3, -0.25) is 5.43 Å². The van der Waals surface area contributed by atoms with Crippen LogP contribution in [0.4, 0.5) is 0 Å². The molecule has 0 radical (unpaired) electrons. The van der Waals surface area contributed by atoms with E-state index in [-0.39, 0.29) is 0 Å². The van der Waals surface area contributed by atoms with Crippen molar-refractivity contribution in [2.24, 2.45) is 10.8 Å². The Bertz CT molecular complexity index is 388. The number of guanidine groups is 1. The van der Waals surface area contributed by atoms with Crippen LogP contribution in [0.2, 0.25) is 0 Å². The molecule has 1 aromatic carbocycles. The molecule has 0 saturated heterocycles. The third-order valence-corrected chi connectivity index (χ3v) is 1.98. The topological polar surface area (TPSA) is 86.2 Å². The first kappa shape index (κ1) is 12.0. The fourth-order valence-electron chi connectivity index (χ4n) is 1.18. The fraction of sp³-hybridized carbons (Fsp3) is 0.273. The molecule has 0 unspecified atom stereocenters. The van der Waals surface area contributed by atoms with Gasteiger partial charge < -0.3 is 5.32 Å². The molecule has 5 nitrogen and oxygen atoms in total. The molecule has 1 aromatic rings. The summed E-state index contributed by atoms with van der Waals surface area (Å²) in [5.41, 5.74) is 4.16. The molecule has 0 aromatic heterocycles. The third kappa shape index (κ3) is 3.59. The van der Waals surface area contributed by atoms with Crippen molar-refractivity contribution in [1.82, 2.24) is 10.7 Å². The molecule has 0 aliphatic rings. The molecule has 5 heteroatoms. The Balaban J connectivity index is 2.62. The van der Waals surface area contributed by atoms with Gasteiger partial charge in [-0.05, 0) is 24.6 Å². The second-order valence-electron chi connectivity index (χ2n) is 3.15. The molecule has 0 saturated carbocycles. The molecular weight excluding hydrogens is 202 g/mol. The van der Waals surface area contributed by atoms with E-state index in [2.05, 4.69) is 21.8 Å². The molecule has 0 amide bonds. The molecule has 0 heterocycles. The normalized spacial score (nSPS) is 10.7. The minimum Gasteiger partial charge on any atom is -0.356 e. The average Bonchev–Trinajstić information content (AvgIpc) is 2.35. The van der Waals surface area contributed by atoms with Gasteiger partial charge in [-0.1, -0.05) is 12.1 Å². The van der Waals surface area contributed by atoms with Gasteiger partial charge in [-0.25, -0.2) is 10.8 Å². The number of hydrogen-bond acceptors (Lipinski definition) is 3. The highest BCUT2D eigenvalue weighted by Crippen LogP contribution is 2.04. The molecule has 84 valence electrons. The van der Waals surface area contributed by atoms with E-state index in [1.54, 1.807) is 12.1 Å². The van der Waals surface area contributed by atoms with E-state index >= 15 is 0 Å². The first-order valence-corrected chi connectivity index (χ1v) is 5.04. The maximum absolute atomic E-state index is 8.64. The Morgan fingerprint density at radius 3 is 2.62 bits per heavy atom. The van der Waals surface area contributed by atoms with Crippen LogP contribution in [-0.2, 0) is 6.54 Å². The molecule has 16 heavy (non-hydrogen) atoms. The van der Waals surface area contributed by atoms with E-state index in [0.717, 1.165) is 12.1 Å². The number of aliphatic imine (C=N–C) groups is 1. The summed E-state index contributed by atoms with van der Waals surface area (Å²) in [7, 11) is 0. The second-order valence-corrected chi connectivity index (χ2v) is 3.15. The third-order valence-electron chi connectivity index (χ3n) is 1.98. The lowest BCUT2D eigenvalue weighted by Crippen LogP contribution is -2.41. The van der Waals surface area contributed by atoms with Crippen LogP contribution in [0.3, 0.4) is 0 Å². The van der Waals surface area contributed by atoms with Gasteiger partial charge in [-0.15, -0.1) is 0 Å². The number of nitriles is 1. The van der Waals surface area contributed by atoms with Crippen LogP contribution in [0.1, 0.15) is 18.1 Å². The van der Waals surface area contributed by atoms with Crippen molar-refractivity contribution in [2.75, 3.05) is 6.54 Å². The van der Waals surface area contributed by atoms with Gasteiger partial charge in [0.05, 0.1) is 18.2 Å². The van der Waals surface area contributed by atoms with Crippen molar-refractivity contribution in [3.8, 4) is 6.07 Å². The molecule has 1 rings (SSSR count). The number of hydrazine groups is 1. The first-order valence-electron chi connectivity index (χ1n) is 5.04. The van der Waals surface area contributed by atoms with Gasteiger partial charge in [-0.2, -0.15) is 5.26 Å². The summed E-state index contributed by atoms with van der Waals surface area (Å²) in [5, 5.41) is 11.6. The van der Waals surface area contributed by atoms with Crippen LogP contribution < -0.4 is 16.6 Å². The van der Waals surface area contributed by atoms with Crippen LogP contribution in [0, 0.1) is 11.3 Å². The maximum Gasteiger partial charge on any atom is 0.206 e. The molecule has 4 N–H and O–H groups in total.